The molecule has 0 bridgehead atoms. The second-order valence-corrected chi connectivity index (χ2v) is 5.58. The Morgan fingerprint density at radius 1 is 1.05 bits per heavy atom. The van der Waals surface area contributed by atoms with Crippen molar-refractivity contribution in [2.45, 2.75) is 39.8 Å². The summed E-state index contributed by atoms with van der Waals surface area (Å²) in [5.41, 5.74) is 1.30. The zero-order valence-electron chi connectivity index (χ0n) is 13.2. The van der Waals surface area contributed by atoms with Crippen LogP contribution in [0.1, 0.15) is 36.7 Å². The molecule has 3 N–H and O–H groups in total. The van der Waals surface area contributed by atoms with Crippen molar-refractivity contribution in [3.05, 3.63) is 35.4 Å². The fourth-order valence-corrected chi connectivity index (χ4v) is 1.95. The van der Waals surface area contributed by atoms with E-state index < -0.39 is 24.0 Å². The molecule has 2 atom stereocenters. The van der Waals surface area contributed by atoms with E-state index in [1.807, 2.05) is 19.1 Å². The van der Waals surface area contributed by atoms with Crippen molar-refractivity contribution in [1.29, 1.82) is 0 Å². The van der Waals surface area contributed by atoms with Gasteiger partial charge in [-0.05, 0) is 31.4 Å². The van der Waals surface area contributed by atoms with E-state index in [0.29, 0.717) is 5.56 Å². The summed E-state index contributed by atoms with van der Waals surface area (Å²) in [6.07, 6.45) is 0. The van der Waals surface area contributed by atoms with Crippen LogP contribution in [0.2, 0.25) is 0 Å². The van der Waals surface area contributed by atoms with Gasteiger partial charge in [0.2, 0.25) is 5.91 Å². The largest absolute Gasteiger partial charge is 0.480 e. The number of aliphatic carboxylic acids is 1. The highest BCUT2D eigenvalue weighted by Gasteiger charge is 2.27. The molecule has 6 heteroatoms. The first-order chi connectivity index (χ1) is 10.2. The summed E-state index contributed by atoms with van der Waals surface area (Å²) in [5.74, 6) is -2.16. The summed E-state index contributed by atoms with van der Waals surface area (Å²) in [6, 6.07) is 5.26. The average Bonchev–Trinajstić information content (AvgIpc) is 2.44. The van der Waals surface area contributed by atoms with Gasteiger partial charge in [0.1, 0.15) is 12.1 Å². The first kappa shape index (κ1) is 17.7. The number of amides is 2. The van der Waals surface area contributed by atoms with Gasteiger partial charge in [0, 0.05) is 5.56 Å². The lowest BCUT2D eigenvalue weighted by molar-refractivity contribution is -0.141. The maximum absolute atomic E-state index is 12.3. The number of carbonyl (C=O) groups excluding carboxylic acids is 2. The number of nitrogens with one attached hydrogen (secondary N) is 2. The number of aryl methyl sites for hydroxylation is 1. The summed E-state index contributed by atoms with van der Waals surface area (Å²) in [7, 11) is 0. The van der Waals surface area contributed by atoms with Crippen LogP contribution in [-0.2, 0) is 9.59 Å². The minimum absolute atomic E-state index is 0.172. The van der Waals surface area contributed by atoms with Crippen molar-refractivity contribution in [3.8, 4) is 0 Å². The molecule has 1 aromatic carbocycles. The smallest absolute Gasteiger partial charge is 0.325 e. The van der Waals surface area contributed by atoms with Gasteiger partial charge in [-0.2, -0.15) is 0 Å². The molecule has 0 fully saturated rings. The predicted octanol–water partition coefficient (Wildman–Crippen LogP) is 1.34. The van der Waals surface area contributed by atoms with Gasteiger partial charge < -0.3 is 15.7 Å². The summed E-state index contributed by atoms with van der Waals surface area (Å²) in [4.78, 5) is 35.3. The summed E-state index contributed by atoms with van der Waals surface area (Å²) in [5, 5.41) is 13.9. The molecule has 0 saturated heterocycles. The highest BCUT2D eigenvalue weighted by atomic mass is 16.4. The molecule has 1 unspecified atom stereocenters. The minimum atomic E-state index is -1.12. The maximum atomic E-state index is 12.3. The summed E-state index contributed by atoms with van der Waals surface area (Å²) >= 11 is 0. The maximum Gasteiger partial charge on any atom is 0.325 e. The third-order valence-electron chi connectivity index (χ3n) is 3.35. The van der Waals surface area contributed by atoms with Crippen LogP contribution in [-0.4, -0.2) is 35.0 Å². The van der Waals surface area contributed by atoms with Gasteiger partial charge >= 0.3 is 5.97 Å². The summed E-state index contributed by atoms with van der Waals surface area (Å²) in [6.45, 7) is 6.76. The van der Waals surface area contributed by atoms with Crippen LogP contribution in [0.15, 0.2) is 24.3 Å². The molecule has 6 nitrogen and oxygen atoms in total. The molecule has 120 valence electrons. The fourth-order valence-electron chi connectivity index (χ4n) is 1.95. The van der Waals surface area contributed by atoms with E-state index in [1.54, 1.807) is 26.0 Å². The van der Waals surface area contributed by atoms with Crippen molar-refractivity contribution < 1.29 is 19.5 Å². The van der Waals surface area contributed by atoms with Gasteiger partial charge in [-0.1, -0.05) is 32.0 Å². The van der Waals surface area contributed by atoms with Crippen molar-refractivity contribution in [1.82, 2.24) is 10.6 Å². The van der Waals surface area contributed by atoms with Crippen LogP contribution in [0, 0.1) is 12.8 Å². The Labute approximate surface area is 129 Å². The Bertz CT molecular complexity index is 569. The van der Waals surface area contributed by atoms with E-state index >= 15 is 0 Å². The minimum Gasteiger partial charge on any atom is -0.480 e. The third-order valence-corrected chi connectivity index (χ3v) is 3.35. The van der Waals surface area contributed by atoms with E-state index in [-0.39, 0.29) is 11.8 Å². The van der Waals surface area contributed by atoms with E-state index in [9.17, 15) is 14.4 Å². The van der Waals surface area contributed by atoms with Gasteiger partial charge in [0.25, 0.3) is 5.91 Å². The van der Waals surface area contributed by atoms with Crippen molar-refractivity contribution in [2.75, 3.05) is 0 Å². The zero-order chi connectivity index (χ0) is 16.9. The second-order valence-electron chi connectivity index (χ2n) is 5.58. The molecule has 0 spiro atoms. The van der Waals surface area contributed by atoms with E-state index in [2.05, 4.69) is 10.6 Å². The molecule has 0 saturated carbocycles. The van der Waals surface area contributed by atoms with Crippen LogP contribution in [0.25, 0.3) is 0 Å². The number of rotatable bonds is 6. The lowest BCUT2D eigenvalue weighted by atomic mass is 10.0. The van der Waals surface area contributed by atoms with Crippen LogP contribution >= 0.6 is 0 Å². The quantitative estimate of drug-likeness (QED) is 0.739. The van der Waals surface area contributed by atoms with E-state index in [4.69, 9.17) is 5.11 Å². The molecule has 0 aromatic heterocycles. The first-order valence-electron chi connectivity index (χ1n) is 7.13. The van der Waals surface area contributed by atoms with Gasteiger partial charge in [0.15, 0.2) is 0 Å². The molecule has 1 aromatic rings. The molecular formula is C16H22N2O4. The molecule has 0 radical (unpaired) electrons. The Balaban J connectivity index is 2.84. The molecule has 0 heterocycles. The van der Waals surface area contributed by atoms with Crippen LogP contribution in [0.3, 0.4) is 0 Å². The van der Waals surface area contributed by atoms with Gasteiger partial charge in [-0.3, -0.25) is 14.4 Å². The number of carbonyl (C=O) groups is 3. The van der Waals surface area contributed by atoms with Crippen molar-refractivity contribution in [3.63, 3.8) is 0 Å². The Kier molecular flexibility index (Phi) is 6.10. The van der Waals surface area contributed by atoms with Crippen molar-refractivity contribution >= 4 is 17.8 Å². The normalized spacial score (nSPS) is 13.3. The monoisotopic (exact) mass is 306 g/mol. The van der Waals surface area contributed by atoms with Gasteiger partial charge in [0.05, 0.1) is 0 Å². The fraction of sp³-hybridized carbons (Fsp3) is 0.438. The first-order valence-corrected chi connectivity index (χ1v) is 7.13. The van der Waals surface area contributed by atoms with E-state index in [0.717, 1.165) is 5.56 Å². The molecule has 0 aliphatic heterocycles. The van der Waals surface area contributed by atoms with Gasteiger partial charge in [-0.25, -0.2) is 0 Å². The standard InChI is InChI=1S/C16H22N2O4/c1-9(2)13(15(20)17-11(4)16(21)22)18-14(19)12-8-6-5-7-10(12)3/h5-9,11,13H,1-4H3,(H,17,20)(H,18,19)(H,21,22)/t11-,13?/m1/s1. The Morgan fingerprint density at radius 3 is 2.14 bits per heavy atom. The average molecular weight is 306 g/mol. The van der Waals surface area contributed by atoms with Crippen LogP contribution in [0.5, 0.6) is 0 Å². The molecule has 1 rings (SSSR count). The van der Waals surface area contributed by atoms with E-state index in [1.165, 1.54) is 6.92 Å². The number of benzene rings is 1. The third kappa shape index (κ3) is 4.58. The molecular weight excluding hydrogens is 284 g/mol. The molecule has 0 aliphatic carbocycles. The van der Waals surface area contributed by atoms with Crippen LogP contribution in [0.4, 0.5) is 0 Å². The second kappa shape index (κ2) is 7.59. The number of hydrogen-bond donors (Lipinski definition) is 3. The highest BCUT2D eigenvalue weighted by molar-refractivity contribution is 5.99. The number of carboxylic acids is 1. The van der Waals surface area contributed by atoms with Crippen LogP contribution < -0.4 is 10.6 Å². The summed E-state index contributed by atoms with van der Waals surface area (Å²) < 4.78 is 0. The number of carboxylic acid groups (broad SMARTS) is 1. The topological polar surface area (TPSA) is 95.5 Å². The van der Waals surface area contributed by atoms with Gasteiger partial charge in [-0.15, -0.1) is 0 Å². The zero-order valence-corrected chi connectivity index (χ0v) is 13.2. The predicted molar refractivity (Wildman–Crippen MR) is 82.5 cm³/mol. The highest BCUT2D eigenvalue weighted by Crippen LogP contribution is 2.09. The number of hydrogen-bond acceptors (Lipinski definition) is 3. The SMILES string of the molecule is Cc1ccccc1C(=O)NC(C(=O)N[C@H](C)C(=O)O)C(C)C. The lowest BCUT2D eigenvalue weighted by Crippen LogP contribution is -2.53. The van der Waals surface area contributed by atoms with Crippen molar-refractivity contribution in [2.24, 2.45) is 5.92 Å². The Morgan fingerprint density at radius 2 is 1.64 bits per heavy atom. The molecule has 22 heavy (non-hydrogen) atoms. The lowest BCUT2D eigenvalue weighted by Gasteiger charge is -2.23. The molecule has 0 aliphatic rings. The Hall–Kier alpha value is -2.37. The molecule has 2 amide bonds.